The number of carbonyl (C=O) groups excluding carboxylic acids is 2. The minimum Gasteiger partial charge on any atom is -0.492 e. The summed E-state index contributed by atoms with van der Waals surface area (Å²) in [6.07, 6.45) is 2.67. The summed E-state index contributed by atoms with van der Waals surface area (Å²) in [6.45, 7) is 9.75. The number of nitrogens with zero attached hydrogens (tertiary/aromatic N) is 1. The van der Waals surface area contributed by atoms with Crippen LogP contribution in [-0.2, 0) is 20.2 Å². The lowest BCUT2D eigenvalue weighted by atomic mass is 9.86. The van der Waals surface area contributed by atoms with Crippen LogP contribution in [0.25, 0.3) is 0 Å². The lowest BCUT2D eigenvalue weighted by Crippen LogP contribution is -2.39. The molecule has 0 aliphatic carbocycles. The van der Waals surface area contributed by atoms with E-state index in [-0.39, 0.29) is 28.8 Å². The second-order valence-corrected chi connectivity index (χ2v) is 13.2. The van der Waals surface area contributed by atoms with Crippen LogP contribution in [0.5, 0.6) is 5.75 Å². The number of aryl methyl sites for hydroxylation is 1. The molecule has 0 spiro atoms. The van der Waals surface area contributed by atoms with E-state index < -0.39 is 15.9 Å². The average molecular weight is 607 g/mol. The van der Waals surface area contributed by atoms with E-state index in [4.69, 9.17) is 4.74 Å². The molecule has 0 saturated heterocycles. The molecule has 0 unspecified atom stereocenters. The molecule has 0 saturated carbocycles. The second-order valence-electron chi connectivity index (χ2n) is 11.4. The lowest BCUT2D eigenvalue weighted by molar-refractivity contribution is -0.118. The highest BCUT2D eigenvalue weighted by Crippen LogP contribution is 2.39. The summed E-state index contributed by atoms with van der Waals surface area (Å²) in [6, 6.07) is 18.1. The molecule has 4 rings (SSSR count). The van der Waals surface area contributed by atoms with Crippen molar-refractivity contribution in [2.45, 2.75) is 46.1 Å². The van der Waals surface area contributed by atoms with Crippen molar-refractivity contribution in [1.29, 1.82) is 0 Å². The van der Waals surface area contributed by atoms with Gasteiger partial charge in [0.1, 0.15) is 5.70 Å². The molecular weight excluding hydrogens is 568 g/mol. The number of anilines is 3. The number of sulfonamides is 1. The number of carbonyl (C=O) groups is 2. The maximum Gasteiger partial charge on any atom is 0.270 e. The van der Waals surface area contributed by atoms with Gasteiger partial charge in [0, 0.05) is 5.56 Å². The Bertz CT molecular complexity index is 1670. The summed E-state index contributed by atoms with van der Waals surface area (Å²) in [5.41, 5.74) is 9.98. The van der Waals surface area contributed by atoms with Crippen molar-refractivity contribution in [1.82, 2.24) is 16.3 Å². The fourth-order valence-corrected chi connectivity index (χ4v) is 5.06. The summed E-state index contributed by atoms with van der Waals surface area (Å²) in [5.74, 6) is -0.531. The van der Waals surface area contributed by atoms with Gasteiger partial charge < -0.3 is 15.4 Å². The topological polar surface area (TPSA) is 141 Å². The number of benzene rings is 3. The fourth-order valence-electron chi connectivity index (χ4n) is 4.51. The van der Waals surface area contributed by atoms with Crippen LogP contribution >= 0.6 is 0 Å². The van der Waals surface area contributed by atoms with Crippen molar-refractivity contribution in [3.8, 4) is 5.75 Å². The number of ether oxygens (including phenoxy) is 1. The van der Waals surface area contributed by atoms with E-state index in [1.165, 1.54) is 7.11 Å². The molecule has 3 aromatic rings. The molecule has 0 fully saturated rings. The minimum absolute atomic E-state index is 0.188. The van der Waals surface area contributed by atoms with E-state index in [0.29, 0.717) is 22.6 Å². The second kappa shape index (κ2) is 12.4. The van der Waals surface area contributed by atoms with E-state index >= 15 is 0 Å². The van der Waals surface area contributed by atoms with Crippen LogP contribution in [0.2, 0.25) is 0 Å². The van der Waals surface area contributed by atoms with Crippen LogP contribution in [-0.4, -0.2) is 33.6 Å². The molecule has 1 atom stereocenters. The van der Waals surface area contributed by atoms with Crippen LogP contribution < -0.4 is 36.1 Å². The normalized spacial score (nSPS) is 13.9. The molecule has 3 aromatic carbocycles. The Morgan fingerprint density at radius 3 is 2.28 bits per heavy atom. The van der Waals surface area contributed by atoms with E-state index in [2.05, 4.69) is 26.3 Å². The molecule has 5 N–H and O–H groups in total. The summed E-state index contributed by atoms with van der Waals surface area (Å²) in [5, 5.41) is 7.48. The largest absolute Gasteiger partial charge is 0.492 e. The number of amides is 2. The Morgan fingerprint density at radius 1 is 0.977 bits per heavy atom. The first-order chi connectivity index (χ1) is 20.2. The van der Waals surface area contributed by atoms with Crippen molar-refractivity contribution in [2.24, 2.45) is 0 Å². The molecule has 1 aliphatic heterocycles. The first kappa shape index (κ1) is 31.4. The molecule has 12 heteroatoms. The van der Waals surface area contributed by atoms with Crippen LogP contribution in [0.4, 0.5) is 17.1 Å². The van der Waals surface area contributed by atoms with Crippen LogP contribution in [0.3, 0.4) is 0 Å². The molecule has 11 nitrogen and oxygen atoms in total. The van der Waals surface area contributed by atoms with E-state index in [1.54, 1.807) is 41.5 Å². The molecule has 228 valence electrons. The molecule has 2 amide bonds. The zero-order valence-electron chi connectivity index (χ0n) is 25.3. The monoisotopic (exact) mass is 606 g/mol. The van der Waals surface area contributed by atoms with Gasteiger partial charge in [-0.1, -0.05) is 57.2 Å². The minimum atomic E-state index is -3.62. The SMILES string of the molecule is COc1c(NC(=O)c2ccc(C)c(N3C=C(C(=O)N[C@H](C)c4ccccc4)NN3)c2)cc(C(C)(C)C)cc1NS(C)(=O)=O. The highest BCUT2D eigenvalue weighted by Gasteiger charge is 2.25. The van der Waals surface area contributed by atoms with Crippen molar-refractivity contribution < 1.29 is 22.7 Å². The number of rotatable bonds is 9. The Hall–Kier alpha value is -4.55. The number of hydrazine groups is 2. The Labute approximate surface area is 252 Å². The summed E-state index contributed by atoms with van der Waals surface area (Å²) in [4.78, 5) is 26.4. The van der Waals surface area contributed by atoms with E-state index in [0.717, 1.165) is 22.9 Å². The van der Waals surface area contributed by atoms with Gasteiger partial charge >= 0.3 is 0 Å². The number of hydrogen-bond donors (Lipinski definition) is 5. The lowest BCUT2D eigenvalue weighted by Gasteiger charge is -2.24. The standard InChI is InChI=1S/C31H38N6O5S/c1-19-13-14-22(15-27(19)37-18-26(34-36-37)30(39)32-20(2)21-11-9-8-10-12-21)29(38)33-24-16-23(31(3,4)5)17-25(28(24)42-6)35-43(7,40)41/h8-18,20,34-36H,1-7H3,(H,32,39)(H,33,38)/t20-/m1/s1. The van der Waals surface area contributed by atoms with Gasteiger partial charge in [0.15, 0.2) is 5.75 Å². The van der Waals surface area contributed by atoms with Gasteiger partial charge in [0.2, 0.25) is 10.0 Å². The predicted molar refractivity (Wildman–Crippen MR) is 169 cm³/mol. The molecule has 43 heavy (non-hydrogen) atoms. The van der Waals surface area contributed by atoms with E-state index in [1.807, 2.05) is 65.0 Å². The molecule has 1 aliphatic rings. The third kappa shape index (κ3) is 7.65. The van der Waals surface area contributed by atoms with E-state index in [9.17, 15) is 18.0 Å². The van der Waals surface area contributed by atoms with Crippen LogP contribution in [0.15, 0.2) is 72.6 Å². The van der Waals surface area contributed by atoms with Gasteiger partial charge in [0.25, 0.3) is 11.8 Å². The molecule has 0 bridgehead atoms. The number of methoxy groups -OCH3 is 1. The highest BCUT2D eigenvalue weighted by atomic mass is 32.2. The van der Waals surface area contributed by atoms with Gasteiger partial charge in [0.05, 0.1) is 42.7 Å². The third-order valence-electron chi connectivity index (χ3n) is 6.89. The van der Waals surface area contributed by atoms with Crippen molar-refractivity contribution in [2.75, 3.05) is 28.4 Å². The quantitative estimate of drug-likeness (QED) is 0.240. The smallest absolute Gasteiger partial charge is 0.270 e. The molecule has 0 aromatic heterocycles. The first-order valence-corrected chi connectivity index (χ1v) is 15.6. The predicted octanol–water partition coefficient (Wildman–Crippen LogP) is 4.47. The van der Waals surface area contributed by atoms with Crippen LogP contribution in [0.1, 0.15) is 60.8 Å². The fraction of sp³-hybridized carbons (Fsp3) is 0.290. The average Bonchev–Trinajstić information content (AvgIpc) is 3.42. The third-order valence-corrected chi connectivity index (χ3v) is 7.49. The number of nitrogens with one attached hydrogen (secondary N) is 5. The highest BCUT2D eigenvalue weighted by molar-refractivity contribution is 7.92. The zero-order chi connectivity index (χ0) is 31.5. The van der Waals surface area contributed by atoms with Gasteiger partial charge in [-0.3, -0.25) is 24.7 Å². The van der Waals surface area contributed by atoms with Crippen molar-refractivity contribution >= 4 is 38.9 Å². The summed E-state index contributed by atoms with van der Waals surface area (Å²) < 4.78 is 32.1. The Balaban J connectivity index is 1.58. The van der Waals surface area contributed by atoms with Crippen molar-refractivity contribution in [3.63, 3.8) is 0 Å². The molecule has 1 heterocycles. The summed E-state index contributed by atoms with van der Waals surface area (Å²) in [7, 11) is -2.21. The first-order valence-electron chi connectivity index (χ1n) is 13.7. The zero-order valence-corrected chi connectivity index (χ0v) is 26.1. The molecular formula is C31H38N6O5S. The Morgan fingerprint density at radius 2 is 1.65 bits per heavy atom. The van der Waals surface area contributed by atoms with Gasteiger partial charge in [-0.05, 0) is 60.2 Å². The Kier molecular flexibility index (Phi) is 9.02. The molecule has 0 radical (unpaired) electrons. The van der Waals surface area contributed by atoms with Gasteiger partial charge in [-0.2, -0.15) is 0 Å². The van der Waals surface area contributed by atoms with Crippen molar-refractivity contribution in [3.05, 3.63) is 94.8 Å². The maximum atomic E-state index is 13.5. The maximum absolute atomic E-state index is 13.5. The number of hydrogen-bond acceptors (Lipinski definition) is 8. The summed E-state index contributed by atoms with van der Waals surface area (Å²) >= 11 is 0. The van der Waals surface area contributed by atoms with Crippen LogP contribution in [0, 0.1) is 6.92 Å². The van der Waals surface area contributed by atoms with Gasteiger partial charge in [-0.15, -0.1) is 5.53 Å². The van der Waals surface area contributed by atoms with Gasteiger partial charge in [-0.25, -0.2) is 8.42 Å².